The summed E-state index contributed by atoms with van der Waals surface area (Å²) in [7, 11) is -3.19. The molecule has 2 aliphatic carbocycles. The summed E-state index contributed by atoms with van der Waals surface area (Å²) in [5, 5.41) is 4.47. The maximum Gasteiger partial charge on any atom is 0.408 e. The van der Waals surface area contributed by atoms with E-state index in [9.17, 15) is 32.0 Å². The molecule has 17 heteroatoms. The molecular weight excluding hydrogens is 757 g/mol. The predicted octanol–water partition coefficient (Wildman–Crippen LogP) is 4.93. The number of alkyl halides is 1. The number of pyridine rings is 1. The van der Waals surface area contributed by atoms with Gasteiger partial charge in [0.1, 0.15) is 35.1 Å². The fourth-order valence-corrected chi connectivity index (χ4v) is 9.05. The summed E-state index contributed by atoms with van der Waals surface area (Å²) >= 11 is 6.53. The Balaban J connectivity index is 1.36. The van der Waals surface area contributed by atoms with Crippen LogP contribution in [0.1, 0.15) is 79.6 Å². The average molecular weight is 806 g/mol. The number of hydrogen-bond donors (Lipinski definition) is 3. The average Bonchev–Trinajstić information content (AvgIpc) is 3.98. The zero-order valence-electron chi connectivity index (χ0n) is 31.8. The van der Waals surface area contributed by atoms with Gasteiger partial charge in [0.15, 0.2) is 0 Å². The second-order valence-electron chi connectivity index (χ2n) is 16.3. The Morgan fingerprint density at radius 2 is 1.87 bits per heavy atom. The van der Waals surface area contributed by atoms with Gasteiger partial charge in [0, 0.05) is 36.0 Å². The van der Waals surface area contributed by atoms with Crippen molar-refractivity contribution in [2.45, 2.75) is 114 Å². The highest BCUT2D eigenvalue weighted by atomic mass is 35.5. The van der Waals surface area contributed by atoms with E-state index in [1.807, 2.05) is 24.6 Å². The molecule has 3 fully saturated rings. The van der Waals surface area contributed by atoms with Gasteiger partial charge in [0.25, 0.3) is 15.9 Å². The second kappa shape index (κ2) is 15.1. The monoisotopic (exact) mass is 805 g/mol. The lowest BCUT2D eigenvalue weighted by molar-refractivity contribution is -0.142. The number of allylic oxidation sites excluding steroid dienone is 1. The van der Waals surface area contributed by atoms with Crippen molar-refractivity contribution >= 4 is 56.2 Å². The molecule has 14 nitrogen and oxygen atoms in total. The number of methoxy groups -OCH3 is 1. The topological polar surface area (TPSA) is 182 Å². The number of hydrogen-bond acceptors (Lipinski definition) is 10. The largest absolute Gasteiger partial charge is 0.494 e. The Morgan fingerprint density at radius 1 is 1.15 bits per heavy atom. The summed E-state index contributed by atoms with van der Waals surface area (Å²) in [4.78, 5) is 61.9. The highest BCUT2D eigenvalue weighted by Gasteiger charge is 2.64. The van der Waals surface area contributed by atoms with Gasteiger partial charge in [-0.2, -0.15) is 0 Å². The molecule has 3 heterocycles. The van der Waals surface area contributed by atoms with Crippen LogP contribution in [0.4, 0.5) is 9.18 Å². The second-order valence-corrected chi connectivity index (χ2v) is 18.7. The van der Waals surface area contributed by atoms with E-state index in [4.69, 9.17) is 25.8 Å². The SMILES string of the molecule is COc1cnc(O[C@@H]2C[C@H]3C(=O)N[C@]4(C(=O)NS(=O)(=O)C5(F)CC5)C[C@H]4/C=C\CCC(C)C[C@@H](C)[C@H](NC(=O)OC(C)(C)C)C(=O)N3C2)c2cccc(Cl)c12. The normalized spacial score (nSPS) is 30.1. The van der Waals surface area contributed by atoms with Gasteiger partial charge in [-0.1, -0.05) is 43.7 Å². The minimum atomic E-state index is -4.67. The first-order valence-corrected chi connectivity index (χ1v) is 20.5. The molecule has 300 valence electrons. The number of halogens is 2. The molecule has 2 saturated carbocycles. The predicted molar refractivity (Wildman–Crippen MR) is 201 cm³/mol. The first kappa shape index (κ1) is 40.5. The number of sulfonamides is 1. The molecule has 55 heavy (non-hydrogen) atoms. The highest BCUT2D eigenvalue weighted by Crippen LogP contribution is 2.48. The van der Waals surface area contributed by atoms with E-state index in [0.717, 1.165) is 0 Å². The van der Waals surface area contributed by atoms with Crippen molar-refractivity contribution in [3.8, 4) is 11.6 Å². The number of alkyl carbamates (subject to hydrolysis) is 1. The standard InChI is InChI=1S/C38H49ClFN5O9S/c1-21-10-7-8-11-23-18-38(23,34(48)44-55(50,51)37(40)14-15-37)43-31(46)27-17-24(53-32-25-12-9-13-26(39)29(25)28(52-6)19-41-32)20-45(27)33(47)30(22(2)16-21)42-35(49)54-36(3,4)5/h8-9,11-13,19,21-24,27,30H,7,10,14-18,20H2,1-6H3,(H,42,49)(H,43,46)(H,44,48)/b11-8-/t21?,22-,23-,24-,27+,30+,38-/m1/s1. The van der Waals surface area contributed by atoms with Gasteiger partial charge in [-0.25, -0.2) is 27.3 Å². The Hall–Kier alpha value is -4.18. The van der Waals surface area contributed by atoms with E-state index in [1.165, 1.54) is 18.2 Å². The highest BCUT2D eigenvalue weighted by molar-refractivity contribution is 7.91. The van der Waals surface area contributed by atoms with Crippen molar-refractivity contribution < 1.29 is 46.2 Å². The maximum absolute atomic E-state index is 14.8. The quantitative estimate of drug-likeness (QED) is 0.325. The molecule has 0 spiro atoms. The number of fused-ring (bicyclic) bond motifs is 3. The van der Waals surface area contributed by atoms with Crippen LogP contribution in [0.15, 0.2) is 36.5 Å². The van der Waals surface area contributed by atoms with Crippen LogP contribution in [0.2, 0.25) is 5.02 Å². The summed E-state index contributed by atoms with van der Waals surface area (Å²) < 4.78 is 59.7. The smallest absolute Gasteiger partial charge is 0.408 e. The molecule has 1 saturated heterocycles. The molecule has 2 aromatic rings. The fourth-order valence-electron chi connectivity index (χ4n) is 7.53. The summed E-state index contributed by atoms with van der Waals surface area (Å²) in [6, 6.07) is 2.83. The maximum atomic E-state index is 14.8. The number of nitrogens with zero attached hydrogens (tertiary/aromatic N) is 2. The molecule has 4 amide bonds. The van der Waals surface area contributed by atoms with Gasteiger partial charge in [-0.05, 0) is 70.4 Å². The van der Waals surface area contributed by atoms with Crippen LogP contribution in [0.5, 0.6) is 11.6 Å². The number of benzene rings is 1. The lowest BCUT2D eigenvalue weighted by Crippen LogP contribution is -2.59. The Bertz CT molecular complexity index is 2000. The number of carbonyl (C=O) groups excluding carboxylic acids is 4. The number of carbonyl (C=O) groups is 4. The zero-order chi connectivity index (χ0) is 40.1. The molecule has 4 aliphatic rings. The summed E-state index contributed by atoms with van der Waals surface area (Å²) in [6.45, 7) is 8.90. The molecule has 1 aromatic carbocycles. The minimum Gasteiger partial charge on any atom is -0.494 e. The van der Waals surface area contributed by atoms with Crippen LogP contribution in [0, 0.1) is 17.8 Å². The number of nitrogens with one attached hydrogen (secondary N) is 3. The van der Waals surface area contributed by atoms with Crippen molar-refractivity contribution in [2.24, 2.45) is 17.8 Å². The van der Waals surface area contributed by atoms with E-state index in [0.29, 0.717) is 40.8 Å². The van der Waals surface area contributed by atoms with E-state index in [-0.39, 0.29) is 44.0 Å². The Labute approximate surface area is 325 Å². The van der Waals surface area contributed by atoms with Gasteiger partial charge in [-0.3, -0.25) is 14.4 Å². The van der Waals surface area contributed by atoms with Crippen molar-refractivity contribution in [3.63, 3.8) is 0 Å². The van der Waals surface area contributed by atoms with Crippen molar-refractivity contribution in [1.82, 2.24) is 25.2 Å². The lowest BCUT2D eigenvalue weighted by atomic mass is 9.88. The molecule has 7 atom stereocenters. The van der Waals surface area contributed by atoms with Crippen LogP contribution in [-0.4, -0.2) is 90.1 Å². The van der Waals surface area contributed by atoms with Crippen molar-refractivity contribution in [1.29, 1.82) is 0 Å². The van der Waals surface area contributed by atoms with Gasteiger partial charge in [0.2, 0.25) is 22.7 Å². The Morgan fingerprint density at radius 3 is 2.55 bits per heavy atom. The third-order valence-corrected chi connectivity index (χ3v) is 12.9. The van der Waals surface area contributed by atoms with E-state index < -0.39 is 80.0 Å². The number of aromatic nitrogens is 1. The molecule has 6 rings (SSSR count). The van der Waals surface area contributed by atoms with E-state index >= 15 is 0 Å². The molecule has 1 aromatic heterocycles. The van der Waals surface area contributed by atoms with Gasteiger partial charge < -0.3 is 29.7 Å². The molecule has 0 bridgehead atoms. The summed E-state index contributed by atoms with van der Waals surface area (Å²) in [5.41, 5.74) is -2.57. The lowest BCUT2D eigenvalue weighted by Gasteiger charge is -2.33. The van der Waals surface area contributed by atoms with Crippen molar-refractivity contribution in [2.75, 3.05) is 13.7 Å². The molecule has 0 radical (unpaired) electrons. The summed E-state index contributed by atoms with van der Waals surface area (Å²) in [5.74, 6) is -2.65. The van der Waals surface area contributed by atoms with Crippen LogP contribution < -0.4 is 24.8 Å². The van der Waals surface area contributed by atoms with Gasteiger partial charge in [-0.15, -0.1) is 0 Å². The molecule has 3 N–H and O–H groups in total. The number of amides is 4. The third-order valence-electron chi connectivity index (χ3n) is 10.7. The van der Waals surface area contributed by atoms with Gasteiger partial charge >= 0.3 is 6.09 Å². The van der Waals surface area contributed by atoms with Crippen LogP contribution in [0.25, 0.3) is 10.8 Å². The first-order valence-electron chi connectivity index (χ1n) is 18.6. The molecule has 1 unspecified atom stereocenters. The number of ether oxygens (including phenoxy) is 3. The third kappa shape index (κ3) is 8.49. The number of rotatable bonds is 7. The van der Waals surface area contributed by atoms with E-state index in [2.05, 4.69) is 15.6 Å². The van der Waals surface area contributed by atoms with E-state index in [1.54, 1.807) is 45.0 Å². The van der Waals surface area contributed by atoms with Crippen LogP contribution >= 0.6 is 11.6 Å². The zero-order valence-corrected chi connectivity index (χ0v) is 33.4. The van der Waals surface area contributed by atoms with Crippen molar-refractivity contribution in [3.05, 3.63) is 41.6 Å². The first-order chi connectivity index (χ1) is 25.8. The Kier molecular flexibility index (Phi) is 11.1. The van der Waals surface area contributed by atoms with Crippen LogP contribution in [-0.2, 0) is 29.1 Å². The molecule has 2 aliphatic heterocycles. The summed E-state index contributed by atoms with van der Waals surface area (Å²) in [6.07, 6.45) is 4.89. The minimum absolute atomic E-state index is 0.0542. The fraction of sp³-hybridized carbons (Fsp3) is 0.605. The van der Waals surface area contributed by atoms with Gasteiger partial charge in [0.05, 0.1) is 24.9 Å². The molecular formula is C38H49ClFN5O9S. The van der Waals surface area contributed by atoms with Crippen LogP contribution in [0.3, 0.4) is 0 Å².